The van der Waals surface area contributed by atoms with Crippen molar-refractivity contribution in [1.82, 2.24) is 9.88 Å². The van der Waals surface area contributed by atoms with E-state index < -0.39 is 0 Å². The first-order valence-electron chi connectivity index (χ1n) is 6.77. The van der Waals surface area contributed by atoms with Crippen LogP contribution in [0.4, 0.5) is 5.82 Å². The van der Waals surface area contributed by atoms with E-state index in [4.69, 9.17) is 23.2 Å². The minimum Gasteiger partial charge on any atom is -0.308 e. The van der Waals surface area contributed by atoms with Crippen LogP contribution in [0.2, 0.25) is 10.0 Å². The number of hydrogen-bond acceptors (Lipinski definition) is 3. The third-order valence-corrected chi connectivity index (χ3v) is 3.87. The summed E-state index contributed by atoms with van der Waals surface area (Å²) in [5.41, 5.74) is 0. The van der Waals surface area contributed by atoms with E-state index in [-0.39, 0.29) is 5.91 Å². The van der Waals surface area contributed by atoms with E-state index in [0.717, 1.165) is 13.1 Å². The summed E-state index contributed by atoms with van der Waals surface area (Å²) < 4.78 is 0. The van der Waals surface area contributed by atoms with E-state index in [1.54, 1.807) is 6.07 Å². The van der Waals surface area contributed by atoms with Crippen LogP contribution in [0.3, 0.4) is 0 Å². The fraction of sp³-hybridized carbons (Fsp3) is 0.571. The van der Waals surface area contributed by atoms with Crippen molar-refractivity contribution in [2.45, 2.75) is 20.3 Å². The lowest BCUT2D eigenvalue weighted by Gasteiger charge is -2.34. The van der Waals surface area contributed by atoms with Gasteiger partial charge in [-0.3, -0.25) is 9.69 Å². The lowest BCUT2D eigenvalue weighted by atomic mass is 9.92. The Morgan fingerprint density at radius 2 is 2.05 bits per heavy atom. The lowest BCUT2D eigenvalue weighted by Crippen LogP contribution is -2.42. The van der Waals surface area contributed by atoms with Crippen LogP contribution in [0.25, 0.3) is 0 Å². The van der Waals surface area contributed by atoms with Gasteiger partial charge in [0.15, 0.2) is 5.82 Å². The summed E-state index contributed by atoms with van der Waals surface area (Å²) in [7, 11) is 0. The number of aromatic nitrogens is 1. The molecule has 20 heavy (non-hydrogen) atoms. The number of rotatable bonds is 3. The highest BCUT2D eigenvalue weighted by atomic mass is 35.5. The highest BCUT2D eigenvalue weighted by molar-refractivity contribution is 6.36. The standard InChI is InChI=1S/C14H19Cl2N3O/c1-9-3-10(2)7-19(6-9)8-13(20)18-14-12(16)4-11(15)5-17-14/h4-5,9-10H,3,6-8H2,1-2H3,(H,17,18,20)/t9-,10-/m1/s1. The Morgan fingerprint density at radius 1 is 1.40 bits per heavy atom. The minimum absolute atomic E-state index is 0.0944. The molecule has 0 radical (unpaired) electrons. The van der Waals surface area contributed by atoms with Crippen molar-refractivity contribution >= 4 is 34.9 Å². The fourth-order valence-electron chi connectivity index (χ4n) is 2.80. The van der Waals surface area contributed by atoms with Crippen LogP contribution in [0.5, 0.6) is 0 Å². The SMILES string of the molecule is C[C@@H]1C[C@@H](C)CN(CC(=O)Nc2ncc(Cl)cc2Cl)C1. The first-order valence-corrected chi connectivity index (χ1v) is 7.53. The molecule has 1 aromatic heterocycles. The van der Waals surface area contributed by atoms with E-state index >= 15 is 0 Å². The summed E-state index contributed by atoms with van der Waals surface area (Å²) >= 11 is 11.8. The van der Waals surface area contributed by atoms with Crippen molar-refractivity contribution in [1.29, 1.82) is 0 Å². The molecule has 2 atom stereocenters. The molecule has 1 aliphatic heterocycles. The predicted molar refractivity (Wildman–Crippen MR) is 82.3 cm³/mol. The van der Waals surface area contributed by atoms with Crippen molar-refractivity contribution in [2.24, 2.45) is 11.8 Å². The van der Waals surface area contributed by atoms with Gasteiger partial charge >= 0.3 is 0 Å². The van der Waals surface area contributed by atoms with Crippen LogP contribution in [0.1, 0.15) is 20.3 Å². The highest BCUT2D eigenvalue weighted by Crippen LogP contribution is 2.23. The second kappa shape index (κ2) is 6.74. The van der Waals surface area contributed by atoms with Gasteiger partial charge in [0.2, 0.25) is 5.91 Å². The second-order valence-corrected chi connectivity index (χ2v) is 6.52. The van der Waals surface area contributed by atoms with Crippen molar-refractivity contribution in [3.63, 3.8) is 0 Å². The van der Waals surface area contributed by atoms with E-state index in [1.807, 2.05) is 0 Å². The Labute approximate surface area is 129 Å². The fourth-order valence-corrected chi connectivity index (χ4v) is 3.23. The Hall–Kier alpha value is -0.840. The van der Waals surface area contributed by atoms with Gasteiger partial charge in [-0.05, 0) is 24.3 Å². The zero-order chi connectivity index (χ0) is 14.7. The van der Waals surface area contributed by atoms with E-state index in [0.29, 0.717) is 34.2 Å². The first-order chi connectivity index (χ1) is 9.44. The van der Waals surface area contributed by atoms with Crippen LogP contribution >= 0.6 is 23.2 Å². The third kappa shape index (κ3) is 4.33. The molecule has 1 aromatic rings. The normalized spacial score (nSPS) is 23.6. The molecule has 4 nitrogen and oxygen atoms in total. The number of halogens is 2. The number of anilines is 1. The quantitative estimate of drug-likeness (QED) is 0.930. The van der Waals surface area contributed by atoms with Gasteiger partial charge in [-0.1, -0.05) is 37.0 Å². The number of likely N-dealkylation sites (tertiary alicyclic amines) is 1. The number of nitrogens with one attached hydrogen (secondary N) is 1. The minimum atomic E-state index is -0.0944. The molecule has 2 heterocycles. The Morgan fingerprint density at radius 3 is 2.65 bits per heavy atom. The van der Waals surface area contributed by atoms with Gasteiger partial charge < -0.3 is 5.32 Å². The maximum absolute atomic E-state index is 12.0. The molecule has 1 fully saturated rings. The van der Waals surface area contributed by atoms with Crippen molar-refractivity contribution in [2.75, 3.05) is 25.0 Å². The average molecular weight is 316 g/mol. The van der Waals surface area contributed by atoms with Gasteiger partial charge in [-0.25, -0.2) is 4.98 Å². The molecular formula is C14H19Cl2N3O. The molecule has 6 heteroatoms. The summed E-state index contributed by atoms with van der Waals surface area (Å²) in [4.78, 5) is 18.3. The molecule has 1 N–H and O–H groups in total. The molecule has 2 rings (SSSR count). The van der Waals surface area contributed by atoms with Crippen molar-refractivity contribution < 1.29 is 4.79 Å². The van der Waals surface area contributed by atoms with E-state index in [1.165, 1.54) is 12.6 Å². The number of carbonyl (C=O) groups excluding carboxylic acids is 1. The van der Waals surface area contributed by atoms with Crippen LogP contribution in [-0.2, 0) is 4.79 Å². The van der Waals surface area contributed by atoms with Crippen LogP contribution in [-0.4, -0.2) is 35.4 Å². The van der Waals surface area contributed by atoms with E-state index in [2.05, 4.69) is 29.0 Å². The Balaban J connectivity index is 1.92. The summed E-state index contributed by atoms with van der Waals surface area (Å²) in [5, 5.41) is 3.54. The molecule has 1 aliphatic rings. The molecule has 0 spiro atoms. The summed E-state index contributed by atoms with van der Waals surface area (Å²) in [6, 6.07) is 1.57. The molecule has 110 valence electrons. The Kier molecular flexibility index (Phi) is 5.24. The summed E-state index contributed by atoms with van der Waals surface area (Å²) in [5.74, 6) is 1.52. The lowest BCUT2D eigenvalue weighted by molar-refractivity contribution is -0.117. The topological polar surface area (TPSA) is 45.2 Å². The van der Waals surface area contributed by atoms with Gasteiger partial charge in [0.1, 0.15) is 0 Å². The number of amides is 1. The predicted octanol–water partition coefficient (Wildman–Crippen LogP) is 3.30. The molecule has 0 unspecified atom stereocenters. The Bertz CT molecular complexity index is 485. The van der Waals surface area contributed by atoms with Crippen molar-refractivity contribution in [3.8, 4) is 0 Å². The summed E-state index contributed by atoms with van der Waals surface area (Å²) in [6.07, 6.45) is 2.69. The van der Waals surface area contributed by atoms with E-state index in [9.17, 15) is 4.79 Å². The number of nitrogens with zero attached hydrogens (tertiary/aromatic N) is 2. The van der Waals surface area contributed by atoms with Crippen LogP contribution in [0.15, 0.2) is 12.3 Å². The molecule has 1 saturated heterocycles. The van der Waals surface area contributed by atoms with Crippen molar-refractivity contribution in [3.05, 3.63) is 22.3 Å². The van der Waals surface area contributed by atoms with Gasteiger partial charge in [-0.2, -0.15) is 0 Å². The highest BCUT2D eigenvalue weighted by Gasteiger charge is 2.23. The van der Waals surface area contributed by atoms with Gasteiger partial charge in [-0.15, -0.1) is 0 Å². The zero-order valence-electron chi connectivity index (χ0n) is 11.7. The van der Waals surface area contributed by atoms with Gasteiger partial charge in [0.25, 0.3) is 0 Å². The van der Waals surface area contributed by atoms with Crippen LogP contribution in [0, 0.1) is 11.8 Å². The second-order valence-electron chi connectivity index (χ2n) is 5.67. The number of pyridine rings is 1. The van der Waals surface area contributed by atoms with Gasteiger partial charge in [0, 0.05) is 19.3 Å². The summed E-state index contributed by atoms with van der Waals surface area (Å²) in [6.45, 7) is 6.73. The largest absolute Gasteiger partial charge is 0.308 e. The number of piperidine rings is 1. The monoisotopic (exact) mass is 315 g/mol. The maximum atomic E-state index is 12.0. The molecule has 0 aromatic carbocycles. The molecule has 0 aliphatic carbocycles. The smallest absolute Gasteiger partial charge is 0.239 e. The molecule has 1 amide bonds. The molecular weight excluding hydrogens is 297 g/mol. The molecule has 0 saturated carbocycles. The zero-order valence-corrected chi connectivity index (χ0v) is 13.2. The van der Waals surface area contributed by atoms with Crippen LogP contribution < -0.4 is 5.32 Å². The average Bonchev–Trinajstić information content (AvgIpc) is 2.31. The van der Waals surface area contributed by atoms with Gasteiger partial charge in [0.05, 0.1) is 16.6 Å². The first kappa shape index (κ1) is 15.5. The number of hydrogen-bond donors (Lipinski definition) is 1. The maximum Gasteiger partial charge on any atom is 0.239 e. The molecule has 0 bridgehead atoms. The third-order valence-electron chi connectivity index (χ3n) is 3.38. The number of carbonyl (C=O) groups is 1.